The van der Waals surface area contributed by atoms with Gasteiger partial charge in [-0.15, -0.1) is 0 Å². The second-order valence-electron chi connectivity index (χ2n) is 5.30. The van der Waals surface area contributed by atoms with Crippen LogP contribution in [0.2, 0.25) is 0 Å². The molecule has 0 atom stereocenters. The highest BCUT2D eigenvalue weighted by Crippen LogP contribution is 2.27. The quantitative estimate of drug-likeness (QED) is 0.321. The van der Waals surface area contributed by atoms with E-state index in [1.54, 1.807) is 13.3 Å². The molecule has 0 saturated heterocycles. The summed E-state index contributed by atoms with van der Waals surface area (Å²) in [6.45, 7) is 2.81. The third-order valence-electron chi connectivity index (χ3n) is 3.35. The highest BCUT2D eigenvalue weighted by molar-refractivity contribution is 7.80. The maximum absolute atomic E-state index is 5.72. The summed E-state index contributed by atoms with van der Waals surface area (Å²) in [5.41, 5.74) is 4.58. The monoisotopic (exact) mass is 357 g/mol. The van der Waals surface area contributed by atoms with E-state index in [2.05, 4.69) is 22.8 Å². The molecular formula is C19H23N3O2S. The van der Waals surface area contributed by atoms with Crippen molar-refractivity contribution in [3.63, 3.8) is 0 Å². The molecule has 0 bridgehead atoms. The first kappa shape index (κ1) is 18.7. The first-order valence-corrected chi connectivity index (χ1v) is 8.59. The van der Waals surface area contributed by atoms with Crippen molar-refractivity contribution < 1.29 is 9.47 Å². The predicted octanol–water partition coefficient (Wildman–Crippen LogP) is 4.19. The molecule has 2 aromatic rings. The Morgan fingerprint density at radius 1 is 1.16 bits per heavy atom. The Morgan fingerprint density at radius 2 is 1.96 bits per heavy atom. The molecule has 6 heteroatoms. The smallest absolute Gasteiger partial charge is 0.191 e. The Hall–Kier alpha value is -2.60. The van der Waals surface area contributed by atoms with Crippen molar-refractivity contribution in [3.8, 4) is 11.5 Å². The molecule has 0 aliphatic heterocycles. The van der Waals surface area contributed by atoms with E-state index in [4.69, 9.17) is 21.7 Å². The van der Waals surface area contributed by atoms with Crippen molar-refractivity contribution in [2.45, 2.75) is 19.8 Å². The molecule has 0 saturated carbocycles. The summed E-state index contributed by atoms with van der Waals surface area (Å²) in [7, 11) is 1.63. The van der Waals surface area contributed by atoms with Crippen molar-refractivity contribution in [2.24, 2.45) is 5.10 Å². The lowest BCUT2D eigenvalue weighted by Crippen LogP contribution is -2.23. The minimum Gasteiger partial charge on any atom is -0.493 e. The van der Waals surface area contributed by atoms with E-state index in [9.17, 15) is 0 Å². The zero-order chi connectivity index (χ0) is 17.9. The largest absolute Gasteiger partial charge is 0.493 e. The Labute approximate surface area is 154 Å². The summed E-state index contributed by atoms with van der Waals surface area (Å²) in [4.78, 5) is 0. The van der Waals surface area contributed by atoms with Gasteiger partial charge in [-0.25, -0.2) is 0 Å². The summed E-state index contributed by atoms with van der Waals surface area (Å²) < 4.78 is 11.1. The summed E-state index contributed by atoms with van der Waals surface area (Å²) >= 11 is 5.20. The Morgan fingerprint density at radius 3 is 2.68 bits per heavy atom. The standard InChI is InChI=1S/C19H23N3O2S/c1-3-4-12-24-17-11-10-15(13-18(17)23-2)14-20-22-19(25)21-16-8-6-5-7-9-16/h5-11,13-14H,3-4,12H2,1-2H3,(H2,21,22,25)/b20-14-. The summed E-state index contributed by atoms with van der Waals surface area (Å²) in [5.74, 6) is 1.42. The molecule has 2 aromatic carbocycles. The molecule has 25 heavy (non-hydrogen) atoms. The van der Waals surface area contributed by atoms with Crippen LogP contribution in [0.1, 0.15) is 25.3 Å². The average molecular weight is 357 g/mol. The van der Waals surface area contributed by atoms with Crippen LogP contribution in [0.15, 0.2) is 53.6 Å². The van der Waals surface area contributed by atoms with E-state index >= 15 is 0 Å². The van der Waals surface area contributed by atoms with Crippen LogP contribution < -0.4 is 20.2 Å². The molecule has 132 valence electrons. The Balaban J connectivity index is 1.90. The number of rotatable bonds is 8. The van der Waals surface area contributed by atoms with Gasteiger partial charge in [0.1, 0.15) is 0 Å². The molecule has 0 unspecified atom stereocenters. The lowest BCUT2D eigenvalue weighted by atomic mass is 10.2. The van der Waals surface area contributed by atoms with Gasteiger partial charge < -0.3 is 14.8 Å². The van der Waals surface area contributed by atoms with Gasteiger partial charge in [0.2, 0.25) is 0 Å². The van der Waals surface area contributed by atoms with Crippen molar-refractivity contribution in [1.82, 2.24) is 5.43 Å². The van der Waals surface area contributed by atoms with Gasteiger partial charge in [0.15, 0.2) is 16.6 Å². The zero-order valence-electron chi connectivity index (χ0n) is 14.5. The first-order chi connectivity index (χ1) is 12.2. The first-order valence-electron chi connectivity index (χ1n) is 8.19. The second kappa shape index (κ2) is 10.3. The minimum atomic E-state index is 0.425. The predicted molar refractivity (Wildman–Crippen MR) is 107 cm³/mol. The normalized spacial score (nSPS) is 10.5. The topological polar surface area (TPSA) is 54.9 Å². The molecule has 0 radical (unpaired) electrons. The lowest BCUT2D eigenvalue weighted by Gasteiger charge is -2.11. The van der Waals surface area contributed by atoms with Gasteiger partial charge in [-0.05, 0) is 54.5 Å². The molecule has 5 nitrogen and oxygen atoms in total. The van der Waals surface area contributed by atoms with E-state index in [1.165, 1.54) is 0 Å². The van der Waals surface area contributed by atoms with Crippen LogP contribution in [0.5, 0.6) is 11.5 Å². The minimum absolute atomic E-state index is 0.425. The van der Waals surface area contributed by atoms with Crippen LogP contribution in [-0.2, 0) is 0 Å². The molecule has 0 aliphatic rings. The van der Waals surface area contributed by atoms with E-state index in [0.29, 0.717) is 17.5 Å². The Bertz CT molecular complexity index is 705. The summed E-state index contributed by atoms with van der Waals surface area (Å²) in [6, 6.07) is 15.4. The van der Waals surface area contributed by atoms with Gasteiger partial charge in [0.05, 0.1) is 19.9 Å². The van der Waals surface area contributed by atoms with Gasteiger partial charge in [-0.3, -0.25) is 5.43 Å². The average Bonchev–Trinajstić information content (AvgIpc) is 2.63. The molecule has 2 N–H and O–H groups in total. The molecule has 2 rings (SSSR count). The second-order valence-corrected chi connectivity index (χ2v) is 5.71. The van der Waals surface area contributed by atoms with Crippen LogP contribution in [0, 0.1) is 0 Å². The van der Waals surface area contributed by atoms with Crippen LogP contribution in [0.25, 0.3) is 0 Å². The van der Waals surface area contributed by atoms with Crippen LogP contribution >= 0.6 is 12.2 Å². The SMILES string of the molecule is CCCCOc1ccc(/C=N\NC(=S)Nc2ccccc2)cc1OC. The molecule has 0 amide bonds. The zero-order valence-corrected chi connectivity index (χ0v) is 15.3. The number of hydrogen-bond acceptors (Lipinski definition) is 4. The number of anilines is 1. The van der Waals surface area contributed by atoms with Gasteiger partial charge >= 0.3 is 0 Å². The number of unbranched alkanes of at least 4 members (excludes halogenated alkanes) is 1. The molecule has 0 aromatic heterocycles. The van der Waals surface area contributed by atoms with E-state index in [1.807, 2.05) is 48.5 Å². The number of para-hydroxylation sites is 1. The van der Waals surface area contributed by atoms with Gasteiger partial charge in [-0.1, -0.05) is 31.5 Å². The third-order valence-corrected chi connectivity index (χ3v) is 3.55. The maximum Gasteiger partial charge on any atom is 0.191 e. The van der Waals surface area contributed by atoms with Crippen LogP contribution in [0.3, 0.4) is 0 Å². The lowest BCUT2D eigenvalue weighted by molar-refractivity contribution is 0.288. The number of nitrogens with zero attached hydrogens (tertiary/aromatic N) is 1. The number of methoxy groups -OCH3 is 1. The number of ether oxygens (including phenoxy) is 2. The fourth-order valence-corrected chi connectivity index (χ4v) is 2.23. The molecule has 0 heterocycles. The van der Waals surface area contributed by atoms with Crippen molar-refractivity contribution >= 4 is 29.2 Å². The highest BCUT2D eigenvalue weighted by Gasteiger charge is 2.04. The number of hydrazone groups is 1. The van der Waals surface area contributed by atoms with Gasteiger partial charge in [0, 0.05) is 5.69 Å². The number of hydrogen-bond donors (Lipinski definition) is 2. The maximum atomic E-state index is 5.72. The fourth-order valence-electron chi connectivity index (χ4n) is 2.06. The fraction of sp³-hybridized carbons (Fsp3) is 0.263. The molecule has 0 fully saturated rings. The molecule has 0 aliphatic carbocycles. The summed E-state index contributed by atoms with van der Waals surface area (Å²) in [6.07, 6.45) is 3.79. The van der Waals surface area contributed by atoms with Crippen LogP contribution in [0.4, 0.5) is 5.69 Å². The number of benzene rings is 2. The van der Waals surface area contributed by atoms with Crippen molar-refractivity contribution in [3.05, 3.63) is 54.1 Å². The van der Waals surface area contributed by atoms with E-state index < -0.39 is 0 Å². The molecule has 0 spiro atoms. The van der Waals surface area contributed by atoms with Crippen LogP contribution in [-0.4, -0.2) is 25.0 Å². The van der Waals surface area contributed by atoms with Gasteiger partial charge in [0.25, 0.3) is 0 Å². The highest BCUT2D eigenvalue weighted by atomic mass is 32.1. The van der Waals surface area contributed by atoms with E-state index in [-0.39, 0.29) is 0 Å². The number of nitrogens with one attached hydrogen (secondary N) is 2. The van der Waals surface area contributed by atoms with Crippen molar-refractivity contribution in [1.29, 1.82) is 0 Å². The number of thiocarbonyl (C=S) groups is 1. The Kier molecular flexibility index (Phi) is 7.72. The van der Waals surface area contributed by atoms with E-state index in [0.717, 1.165) is 29.8 Å². The van der Waals surface area contributed by atoms with Crippen molar-refractivity contribution in [2.75, 3.05) is 19.0 Å². The van der Waals surface area contributed by atoms with Gasteiger partial charge in [-0.2, -0.15) is 5.10 Å². The molecular weight excluding hydrogens is 334 g/mol. The summed E-state index contributed by atoms with van der Waals surface area (Å²) in [5, 5.41) is 7.62. The third kappa shape index (κ3) is 6.43.